The van der Waals surface area contributed by atoms with E-state index in [1.807, 2.05) is 18.2 Å². The lowest BCUT2D eigenvalue weighted by molar-refractivity contribution is 1.21. The lowest BCUT2D eigenvalue weighted by Crippen LogP contribution is -1.97. The molecule has 0 bridgehead atoms. The second kappa shape index (κ2) is 7.61. The van der Waals surface area contributed by atoms with Crippen LogP contribution in [0.3, 0.4) is 0 Å². The van der Waals surface area contributed by atoms with Gasteiger partial charge in [-0.2, -0.15) is 0 Å². The highest BCUT2D eigenvalue weighted by atomic mass is 15.0. The quantitative estimate of drug-likeness (QED) is 0.279. The van der Waals surface area contributed by atoms with Gasteiger partial charge in [-0.05, 0) is 45.8 Å². The van der Waals surface area contributed by atoms with Crippen molar-refractivity contribution < 1.29 is 0 Å². The molecule has 156 valence electrons. The van der Waals surface area contributed by atoms with Gasteiger partial charge in [-0.3, -0.25) is 4.40 Å². The minimum atomic E-state index is 0.942. The fraction of sp³-hybridized carbons (Fsp3) is 0. The number of hydrogen-bond acceptors (Lipinski definition) is 1. The molecule has 0 spiro atoms. The van der Waals surface area contributed by atoms with E-state index < -0.39 is 0 Å². The highest BCUT2D eigenvalue weighted by molar-refractivity contribution is 6.04. The SMILES string of the molecule is C=Cc1c(C=C)n2c3ccc(-c4ccc(-c5ccccc5)cc4)cc3nc2c2ccccc12. The van der Waals surface area contributed by atoms with E-state index >= 15 is 0 Å². The molecule has 0 unspecified atom stereocenters. The summed E-state index contributed by atoms with van der Waals surface area (Å²) in [6.45, 7) is 8.15. The van der Waals surface area contributed by atoms with Crippen molar-refractivity contribution in [1.29, 1.82) is 0 Å². The van der Waals surface area contributed by atoms with Crippen molar-refractivity contribution in [2.24, 2.45) is 0 Å². The van der Waals surface area contributed by atoms with Gasteiger partial charge in [0, 0.05) is 10.9 Å². The van der Waals surface area contributed by atoms with Crippen molar-refractivity contribution in [1.82, 2.24) is 9.38 Å². The van der Waals surface area contributed by atoms with Gasteiger partial charge in [0.25, 0.3) is 0 Å². The predicted molar refractivity (Wildman–Crippen MR) is 141 cm³/mol. The van der Waals surface area contributed by atoms with E-state index in [0.717, 1.165) is 44.3 Å². The van der Waals surface area contributed by atoms with Gasteiger partial charge in [0.15, 0.2) is 0 Å². The molecule has 0 atom stereocenters. The number of pyridine rings is 1. The average molecular weight is 423 g/mol. The first-order chi connectivity index (χ1) is 16.3. The van der Waals surface area contributed by atoms with Crippen molar-refractivity contribution in [3.8, 4) is 22.3 Å². The standard InChI is InChI=1S/C31H22N2/c1-3-25-26-12-8-9-13-27(26)31-32-28-20-24(18-19-30(28)33(31)29(25)4-2)23-16-14-22(15-17-23)21-10-6-5-7-11-21/h3-20H,1-2H2. The van der Waals surface area contributed by atoms with Crippen LogP contribution in [0.2, 0.25) is 0 Å². The highest BCUT2D eigenvalue weighted by Gasteiger charge is 2.15. The summed E-state index contributed by atoms with van der Waals surface area (Å²) in [5.74, 6) is 0. The fourth-order valence-corrected chi connectivity index (χ4v) is 4.76. The molecule has 6 aromatic rings. The fourth-order valence-electron chi connectivity index (χ4n) is 4.76. The predicted octanol–water partition coefficient (Wildman–Crippen LogP) is 8.26. The van der Waals surface area contributed by atoms with Gasteiger partial charge in [-0.25, -0.2) is 4.98 Å². The largest absolute Gasteiger partial charge is 0.292 e. The van der Waals surface area contributed by atoms with Crippen molar-refractivity contribution >= 4 is 39.6 Å². The zero-order valence-electron chi connectivity index (χ0n) is 18.2. The number of hydrogen-bond donors (Lipinski definition) is 0. The maximum atomic E-state index is 5.06. The van der Waals surface area contributed by atoms with Crippen LogP contribution in [-0.4, -0.2) is 9.38 Å². The normalized spacial score (nSPS) is 11.3. The number of imidazole rings is 1. The van der Waals surface area contributed by atoms with Crippen molar-refractivity contribution in [2.75, 3.05) is 0 Å². The molecule has 2 heterocycles. The van der Waals surface area contributed by atoms with E-state index in [4.69, 9.17) is 4.98 Å². The van der Waals surface area contributed by atoms with E-state index in [9.17, 15) is 0 Å². The van der Waals surface area contributed by atoms with Crippen LogP contribution in [-0.2, 0) is 0 Å². The third-order valence-electron chi connectivity index (χ3n) is 6.35. The summed E-state index contributed by atoms with van der Waals surface area (Å²) in [5.41, 5.74) is 9.83. The molecule has 33 heavy (non-hydrogen) atoms. The number of benzene rings is 4. The minimum Gasteiger partial charge on any atom is -0.292 e. The second-order valence-corrected chi connectivity index (χ2v) is 8.17. The van der Waals surface area contributed by atoms with Gasteiger partial charge >= 0.3 is 0 Å². The smallest absolute Gasteiger partial charge is 0.146 e. The van der Waals surface area contributed by atoms with Crippen molar-refractivity contribution in [2.45, 2.75) is 0 Å². The van der Waals surface area contributed by atoms with Crippen LogP contribution < -0.4 is 0 Å². The average Bonchev–Trinajstić information content (AvgIpc) is 3.27. The number of fused-ring (bicyclic) bond motifs is 5. The molecule has 0 saturated carbocycles. The van der Waals surface area contributed by atoms with Crippen LogP contribution in [0, 0.1) is 0 Å². The summed E-state index contributed by atoms with van der Waals surface area (Å²) in [7, 11) is 0. The number of rotatable bonds is 4. The first-order valence-electron chi connectivity index (χ1n) is 11.1. The molecule has 0 aliphatic rings. The highest BCUT2D eigenvalue weighted by Crippen LogP contribution is 2.33. The Morgan fingerprint density at radius 3 is 1.91 bits per heavy atom. The molecule has 0 radical (unpaired) electrons. The summed E-state index contributed by atoms with van der Waals surface area (Å²) < 4.78 is 2.20. The first-order valence-corrected chi connectivity index (χ1v) is 11.1. The van der Waals surface area contributed by atoms with E-state index in [1.165, 1.54) is 16.7 Å². The summed E-state index contributed by atoms with van der Waals surface area (Å²) in [6, 6.07) is 34.0. The zero-order valence-corrected chi connectivity index (χ0v) is 18.2. The topological polar surface area (TPSA) is 17.3 Å². The molecule has 0 aliphatic carbocycles. The lowest BCUT2D eigenvalue weighted by atomic mass is 10.00. The summed E-state index contributed by atoms with van der Waals surface area (Å²) in [4.78, 5) is 5.06. The molecule has 2 heteroatoms. The molecular formula is C31H22N2. The molecule has 4 aromatic carbocycles. The van der Waals surface area contributed by atoms with Gasteiger partial charge in [-0.15, -0.1) is 0 Å². The van der Waals surface area contributed by atoms with Gasteiger partial charge < -0.3 is 0 Å². The second-order valence-electron chi connectivity index (χ2n) is 8.17. The Kier molecular flexibility index (Phi) is 4.44. The molecule has 2 nitrogen and oxygen atoms in total. The Labute approximate surface area is 192 Å². The Hall–Kier alpha value is -4.43. The third kappa shape index (κ3) is 3.00. The van der Waals surface area contributed by atoms with Crippen LogP contribution >= 0.6 is 0 Å². The van der Waals surface area contributed by atoms with E-state index in [0.29, 0.717) is 0 Å². The summed E-state index contributed by atoms with van der Waals surface area (Å²) in [6.07, 6.45) is 3.81. The van der Waals surface area contributed by atoms with Crippen LogP contribution in [0.1, 0.15) is 11.3 Å². The van der Waals surface area contributed by atoms with Gasteiger partial charge in [0.2, 0.25) is 0 Å². The molecular weight excluding hydrogens is 400 g/mol. The van der Waals surface area contributed by atoms with Gasteiger partial charge in [-0.1, -0.05) is 104 Å². The Morgan fingerprint density at radius 1 is 0.606 bits per heavy atom. The summed E-state index contributed by atoms with van der Waals surface area (Å²) in [5, 5.41) is 2.25. The Morgan fingerprint density at radius 2 is 1.21 bits per heavy atom. The molecule has 0 N–H and O–H groups in total. The van der Waals surface area contributed by atoms with Gasteiger partial charge in [0.05, 0.1) is 16.7 Å². The zero-order chi connectivity index (χ0) is 22.4. The van der Waals surface area contributed by atoms with Crippen molar-refractivity contribution in [3.63, 3.8) is 0 Å². The molecule has 6 rings (SSSR count). The minimum absolute atomic E-state index is 0.942. The van der Waals surface area contributed by atoms with E-state index in [1.54, 1.807) is 0 Å². The number of aromatic nitrogens is 2. The van der Waals surface area contributed by atoms with Crippen LogP contribution in [0.4, 0.5) is 0 Å². The third-order valence-corrected chi connectivity index (χ3v) is 6.35. The number of nitrogens with zero attached hydrogens (tertiary/aromatic N) is 2. The van der Waals surface area contributed by atoms with Crippen LogP contribution in [0.25, 0.3) is 61.9 Å². The molecule has 2 aromatic heterocycles. The molecule has 0 amide bonds. The first kappa shape index (κ1) is 19.3. The molecule has 0 fully saturated rings. The van der Waals surface area contributed by atoms with E-state index in [-0.39, 0.29) is 0 Å². The molecule has 0 aliphatic heterocycles. The monoisotopic (exact) mass is 422 g/mol. The maximum Gasteiger partial charge on any atom is 0.146 e. The van der Waals surface area contributed by atoms with E-state index in [2.05, 4.69) is 109 Å². The van der Waals surface area contributed by atoms with Crippen LogP contribution in [0.5, 0.6) is 0 Å². The lowest BCUT2D eigenvalue weighted by Gasteiger charge is -2.11. The summed E-state index contributed by atoms with van der Waals surface area (Å²) >= 11 is 0. The molecule has 0 saturated heterocycles. The Balaban J connectivity index is 1.54. The Bertz CT molecular complexity index is 1670. The van der Waals surface area contributed by atoms with Crippen molar-refractivity contribution in [3.05, 3.63) is 121 Å². The van der Waals surface area contributed by atoms with Crippen LogP contribution in [0.15, 0.2) is 110 Å². The van der Waals surface area contributed by atoms with Gasteiger partial charge in [0.1, 0.15) is 5.65 Å². The maximum absolute atomic E-state index is 5.06.